The number of aromatic nitrogens is 1. The van der Waals surface area contributed by atoms with Gasteiger partial charge in [0.15, 0.2) is 0 Å². The largest absolute Gasteiger partial charge is 0.338 e. The van der Waals surface area contributed by atoms with Gasteiger partial charge in [0, 0.05) is 13.1 Å². The number of likely N-dealkylation sites (tertiary alicyclic amines) is 1. The van der Waals surface area contributed by atoms with Gasteiger partial charge in [0.1, 0.15) is 16.9 Å². The highest BCUT2D eigenvalue weighted by molar-refractivity contribution is 6.29. The molecule has 1 fully saturated rings. The van der Waals surface area contributed by atoms with Crippen molar-refractivity contribution in [3.63, 3.8) is 0 Å². The molecule has 1 amide bonds. The van der Waals surface area contributed by atoms with E-state index in [0.717, 1.165) is 31.9 Å². The average Bonchev–Trinajstić information content (AvgIpc) is 2.71. The Hall–Kier alpha value is -1.69. The number of pyridine rings is 1. The molecule has 1 atom stereocenters. The van der Waals surface area contributed by atoms with E-state index in [-0.39, 0.29) is 22.3 Å². The molecule has 2 rings (SSSR count). The predicted octanol–water partition coefficient (Wildman–Crippen LogP) is 3.30. The highest BCUT2D eigenvalue weighted by Gasteiger charge is 2.27. The minimum atomic E-state index is -0.594. The number of carbonyl (C=O) groups excluding carboxylic acids is 1. The summed E-state index contributed by atoms with van der Waals surface area (Å²) in [5.41, 5.74) is -0.268. The Labute approximate surface area is 128 Å². The summed E-state index contributed by atoms with van der Waals surface area (Å²) in [5, 5.41) is 11.1. The van der Waals surface area contributed by atoms with Crippen LogP contribution in [-0.4, -0.2) is 33.8 Å². The molecule has 7 heteroatoms. The SMILES string of the molecule is CCC1CCCN(C(=O)c2cc(Cl)ncc2[N+](=O)[O-])CC1. The van der Waals surface area contributed by atoms with E-state index in [0.29, 0.717) is 19.0 Å². The molecule has 114 valence electrons. The summed E-state index contributed by atoms with van der Waals surface area (Å²) in [6, 6.07) is 1.28. The van der Waals surface area contributed by atoms with Crippen LogP contribution in [0.4, 0.5) is 5.69 Å². The highest BCUT2D eigenvalue weighted by atomic mass is 35.5. The average molecular weight is 312 g/mol. The first kappa shape index (κ1) is 15.7. The zero-order valence-corrected chi connectivity index (χ0v) is 12.7. The van der Waals surface area contributed by atoms with Gasteiger partial charge in [-0.05, 0) is 31.2 Å². The Kier molecular flexibility index (Phi) is 5.12. The second kappa shape index (κ2) is 6.85. The van der Waals surface area contributed by atoms with Crippen LogP contribution in [0.15, 0.2) is 12.3 Å². The lowest BCUT2D eigenvalue weighted by atomic mass is 9.98. The molecule has 0 N–H and O–H groups in total. The standard InChI is InChI=1S/C14H18ClN3O3/c1-2-10-4-3-6-17(7-5-10)14(19)11-8-13(15)16-9-12(11)18(20)21/h8-10H,2-7H2,1H3. The van der Waals surface area contributed by atoms with Crippen LogP contribution in [0.5, 0.6) is 0 Å². The highest BCUT2D eigenvalue weighted by Crippen LogP contribution is 2.25. The second-order valence-corrected chi connectivity index (χ2v) is 5.67. The fourth-order valence-corrected chi connectivity index (χ4v) is 2.84. The third-order valence-corrected chi connectivity index (χ3v) is 4.20. The van der Waals surface area contributed by atoms with Gasteiger partial charge < -0.3 is 4.90 Å². The minimum absolute atomic E-state index is 0.0231. The molecular formula is C14H18ClN3O3. The first-order chi connectivity index (χ1) is 10.0. The Morgan fingerprint density at radius 3 is 2.95 bits per heavy atom. The van der Waals surface area contributed by atoms with E-state index in [1.54, 1.807) is 4.90 Å². The molecule has 2 heterocycles. The molecule has 1 aromatic heterocycles. The Bertz CT molecular complexity index is 550. The van der Waals surface area contributed by atoms with Gasteiger partial charge in [-0.1, -0.05) is 24.9 Å². The Morgan fingerprint density at radius 2 is 2.29 bits per heavy atom. The van der Waals surface area contributed by atoms with Crippen LogP contribution >= 0.6 is 11.6 Å². The zero-order chi connectivity index (χ0) is 15.4. The molecule has 1 aliphatic heterocycles. The van der Waals surface area contributed by atoms with Crippen LogP contribution in [0.1, 0.15) is 43.0 Å². The van der Waals surface area contributed by atoms with Crippen molar-refractivity contribution in [1.82, 2.24) is 9.88 Å². The van der Waals surface area contributed by atoms with Crippen LogP contribution in [-0.2, 0) is 0 Å². The number of rotatable bonds is 3. The lowest BCUT2D eigenvalue weighted by molar-refractivity contribution is -0.385. The molecule has 0 bridgehead atoms. The summed E-state index contributed by atoms with van der Waals surface area (Å²) in [6.07, 6.45) is 5.11. The molecule has 1 unspecified atom stereocenters. The van der Waals surface area contributed by atoms with E-state index in [1.165, 1.54) is 6.07 Å². The van der Waals surface area contributed by atoms with Crippen molar-refractivity contribution in [3.05, 3.63) is 33.1 Å². The van der Waals surface area contributed by atoms with Gasteiger partial charge in [-0.2, -0.15) is 0 Å². The van der Waals surface area contributed by atoms with Crippen LogP contribution in [0, 0.1) is 16.0 Å². The van der Waals surface area contributed by atoms with Gasteiger partial charge in [0.25, 0.3) is 11.6 Å². The summed E-state index contributed by atoms with van der Waals surface area (Å²) < 4.78 is 0. The second-order valence-electron chi connectivity index (χ2n) is 5.28. The number of carbonyl (C=O) groups is 1. The van der Waals surface area contributed by atoms with E-state index >= 15 is 0 Å². The van der Waals surface area contributed by atoms with E-state index in [2.05, 4.69) is 11.9 Å². The molecule has 0 aromatic carbocycles. The summed E-state index contributed by atoms with van der Waals surface area (Å²) in [4.78, 5) is 28.4. The normalized spacial score (nSPS) is 19.1. The van der Waals surface area contributed by atoms with Crippen molar-refractivity contribution in [2.45, 2.75) is 32.6 Å². The summed E-state index contributed by atoms with van der Waals surface area (Å²) >= 11 is 5.78. The van der Waals surface area contributed by atoms with E-state index in [4.69, 9.17) is 11.6 Å². The number of nitro groups is 1. The van der Waals surface area contributed by atoms with E-state index < -0.39 is 4.92 Å². The molecule has 1 saturated heterocycles. The van der Waals surface area contributed by atoms with Crippen molar-refractivity contribution in [2.75, 3.05) is 13.1 Å². The molecule has 0 radical (unpaired) electrons. The topological polar surface area (TPSA) is 76.3 Å². The van der Waals surface area contributed by atoms with Crippen molar-refractivity contribution < 1.29 is 9.72 Å². The van der Waals surface area contributed by atoms with Gasteiger partial charge >= 0.3 is 0 Å². The predicted molar refractivity (Wildman–Crippen MR) is 79.4 cm³/mol. The van der Waals surface area contributed by atoms with Crippen LogP contribution in [0.25, 0.3) is 0 Å². The number of amides is 1. The summed E-state index contributed by atoms with van der Waals surface area (Å²) in [5.74, 6) is 0.293. The minimum Gasteiger partial charge on any atom is -0.338 e. The monoisotopic (exact) mass is 311 g/mol. The third kappa shape index (κ3) is 3.69. The Balaban J connectivity index is 2.23. The molecular weight excluding hydrogens is 294 g/mol. The van der Waals surface area contributed by atoms with Gasteiger partial charge in [-0.25, -0.2) is 4.98 Å². The molecule has 0 spiro atoms. The van der Waals surface area contributed by atoms with E-state index in [9.17, 15) is 14.9 Å². The van der Waals surface area contributed by atoms with Crippen LogP contribution < -0.4 is 0 Å². The number of nitrogens with zero attached hydrogens (tertiary/aromatic N) is 3. The molecule has 1 aliphatic rings. The van der Waals surface area contributed by atoms with Crippen molar-refractivity contribution in [2.24, 2.45) is 5.92 Å². The zero-order valence-electron chi connectivity index (χ0n) is 11.9. The lowest BCUT2D eigenvalue weighted by Gasteiger charge is -2.20. The first-order valence-corrected chi connectivity index (χ1v) is 7.50. The van der Waals surface area contributed by atoms with Crippen LogP contribution in [0.2, 0.25) is 5.15 Å². The van der Waals surface area contributed by atoms with Crippen molar-refractivity contribution in [1.29, 1.82) is 0 Å². The number of hydrogen-bond donors (Lipinski definition) is 0. The molecule has 0 saturated carbocycles. The number of hydrogen-bond acceptors (Lipinski definition) is 4. The maximum Gasteiger partial charge on any atom is 0.300 e. The van der Waals surface area contributed by atoms with Crippen molar-refractivity contribution in [3.8, 4) is 0 Å². The smallest absolute Gasteiger partial charge is 0.300 e. The molecule has 0 aliphatic carbocycles. The van der Waals surface area contributed by atoms with Gasteiger partial charge in [-0.3, -0.25) is 14.9 Å². The molecule has 1 aromatic rings. The first-order valence-electron chi connectivity index (χ1n) is 7.12. The lowest BCUT2D eigenvalue weighted by Crippen LogP contribution is -2.32. The molecule has 6 nitrogen and oxygen atoms in total. The third-order valence-electron chi connectivity index (χ3n) is 3.99. The van der Waals surface area contributed by atoms with Crippen LogP contribution in [0.3, 0.4) is 0 Å². The quantitative estimate of drug-likeness (QED) is 0.487. The van der Waals surface area contributed by atoms with Crippen molar-refractivity contribution >= 4 is 23.2 Å². The Morgan fingerprint density at radius 1 is 1.52 bits per heavy atom. The fraction of sp³-hybridized carbons (Fsp3) is 0.571. The fourth-order valence-electron chi connectivity index (χ4n) is 2.69. The summed E-state index contributed by atoms with van der Waals surface area (Å²) in [7, 11) is 0. The maximum atomic E-state index is 12.6. The maximum absolute atomic E-state index is 12.6. The molecule has 21 heavy (non-hydrogen) atoms. The van der Waals surface area contributed by atoms with Gasteiger partial charge in [0.2, 0.25) is 0 Å². The van der Waals surface area contributed by atoms with Gasteiger partial charge in [0.05, 0.1) is 4.92 Å². The van der Waals surface area contributed by atoms with Gasteiger partial charge in [-0.15, -0.1) is 0 Å². The van der Waals surface area contributed by atoms with E-state index in [1.807, 2.05) is 0 Å². The number of halogens is 1. The summed E-state index contributed by atoms with van der Waals surface area (Å²) in [6.45, 7) is 3.41.